The molecular weight excluding hydrogens is 502 g/mol. The molecule has 1 heterocycles. The van der Waals surface area contributed by atoms with Gasteiger partial charge >= 0.3 is 0 Å². The molecule has 137 valence electrons. The van der Waals surface area contributed by atoms with Gasteiger partial charge in [-0.25, -0.2) is 0 Å². The van der Waals surface area contributed by atoms with Gasteiger partial charge in [-0.1, -0.05) is 44.1 Å². The fourth-order valence-corrected chi connectivity index (χ4v) is 2.36. The van der Waals surface area contributed by atoms with E-state index >= 15 is 0 Å². The molecule has 3 nitrogen and oxygen atoms in total. The van der Waals surface area contributed by atoms with E-state index < -0.39 is 6.85 Å². The Hall–Kier alpha value is -2.29. The van der Waals surface area contributed by atoms with Crippen molar-refractivity contribution in [3.05, 3.63) is 77.6 Å². The molecule has 0 unspecified atom stereocenters. The molecule has 0 amide bonds. The number of nitrogens with zero attached hydrogens (tertiary/aromatic N) is 1. The number of aromatic nitrogens is 1. The van der Waals surface area contributed by atoms with Crippen molar-refractivity contribution >= 4 is 16.7 Å². The van der Waals surface area contributed by atoms with E-state index in [0.717, 1.165) is 22.2 Å². The molecule has 2 aromatic carbocycles. The second-order valence-corrected chi connectivity index (χ2v) is 5.77. The number of carbonyl (C=O) groups is 1. The van der Waals surface area contributed by atoms with Gasteiger partial charge in [0.05, 0.1) is 11.3 Å². The maximum absolute atomic E-state index is 10.0. The molecule has 0 saturated carbocycles. The first kappa shape index (κ1) is 17.1. The Balaban J connectivity index is 0.000000456. The van der Waals surface area contributed by atoms with Gasteiger partial charge in [0.15, 0.2) is 5.78 Å². The SMILES string of the molecule is CC(=O)/C=C(/C)O.[2H]C([2H])([2H])c1[c-]c(-c2ccc3ccccc3n2)cc(C)c1.[Ir]. The van der Waals surface area contributed by atoms with Crippen molar-refractivity contribution < 1.29 is 34.1 Å². The van der Waals surface area contributed by atoms with Gasteiger partial charge in [-0.15, -0.1) is 34.9 Å². The minimum Gasteiger partial charge on any atom is -0.512 e. The topological polar surface area (TPSA) is 50.2 Å². The summed E-state index contributed by atoms with van der Waals surface area (Å²) in [6.45, 7) is 2.58. The van der Waals surface area contributed by atoms with E-state index in [2.05, 4.69) is 11.1 Å². The molecular formula is C22H22IrNO2-. The number of para-hydroxylation sites is 1. The van der Waals surface area contributed by atoms with Crippen molar-refractivity contribution in [3.63, 3.8) is 0 Å². The molecule has 0 atom stereocenters. The Morgan fingerprint density at radius 2 is 1.92 bits per heavy atom. The summed E-state index contributed by atoms with van der Waals surface area (Å²) in [5.74, 6) is -0.0625. The Morgan fingerprint density at radius 3 is 2.54 bits per heavy atom. The summed E-state index contributed by atoms with van der Waals surface area (Å²) in [6, 6.07) is 18.3. The van der Waals surface area contributed by atoms with E-state index in [1.165, 1.54) is 19.9 Å². The molecule has 0 bridgehead atoms. The number of pyridine rings is 1. The van der Waals surface area contributed by atoms with Gasteiger partial charge in [0.25, 0.3) is 0 Å². The van der Waals surface area contributed by atoms with E-state index in [-0.39, 0.29) is 37.2 Å². The number of aliphatic hydroxyl groups is 1. The van der Waals surface area contributed by atoms with Gasteiger partial charge in [0.1, 0.15) is 0 Å². The van der Waals surface area contributed by atoms with Crippen LogP contribution >= 0.6 is 0 Å². The van der Waals surface area contributed by atoms with Crippen LogP contribution in [-0.4, -0.2) is 15.9 Å². The van der Waals surface area contributed by atoms with Crippen LogP contribution in [0.2, 0.25) is 0 Å². The third-order valence-electron chi connectivity index (χ3n) is 3.30. The van der Waals surface area contributed by atoms with Crippen molar-refractivity contribution in [2.45, 2.75) is 27.6 Å². The molecule has 26 heavy (non-hydrogen) atoms. The zero-order chi connectivity index (χ0) is 20.9. The molecule has 4 heteroatoms. The van der Waals surface area contributed by atoms with E-state index in [1.54, 1.807) is 6.07 Å². The first-order valence-corrected chi connectivity index (χ1v) is 7.85. The number of fused-ring (bicyclic) bond motifs is 1. The zero-order valence-electron chi connectivity index (χ0n) is 17.8. The number of hydrogen-bond acceptors (Lipinski definition) is 3. The molecule has 0 aliphatic heterocycles. The van der Waals surface area contributed by atoms with Gasteiger partial charge in [-0.2, -0.15) is 0 Å². The zero-order valence-corrected chi connectivity index (χ0v) is 17.2. The number of hydrogen-bond donors (Lipinski definition) is 1. The van der Waals surface area contributed by atoms with Crippen LogP contribution in [0.15, 0.2) is 60.4 Å². The molecule has 0 saturated heterocycles. The number of carbonyl (C=O) groups excluding carboxylic acids is 1. The molecule has 0 aliphatic rings. The maximum atomic E-state index is 10.0. The van der Waals surface area contributed by atoms with Gasteiger partial charge in [0, 0.05) is 30.3 Å². The molecule has 1 N–H and O–H groups in total. The molecule has 1 radical (unpaired) electrons. The van der Waals surface area contributed by atoms with E-state index in [0.29, 0.717) is 5.56 Å². The Labute approximate surface area is 172 Å². The number of aryl methyl sites for hydroxylation is 2. The molecule has 1 aromatic heterocycles. The molecule has 3 aromatic rings. The summed E-state index contributed by atoms with van der Waals surface area (Å²) in [7, 11) is 0. The quantitative estimate of drug-likeness (QED) is 0.278. The fourth-order valence-electron chi connectivity index (χ4n) is 2.36. The predicted molar refractivity (Wildman–Crippen MR) is 103 cm³/mol. The summed E-state index contributed by atoms with van der Waals surface area (Å²) in [5, 5.41) is 9.42. The second kappa shape index (κ2) is 10.0. The Kier molecular flexibility index (Phi) is 6.59. The smallest absolute Gasteiger partial charge is 0.155 e. The van der Waals surface area contributed by atoms with Gasteiger partial charge in [-0.05, 0) is 31.0 Å². The van der Waals surface area contributed by atoms with Gasteiger partial charge in [-0.3, -0.25) is 9.78 Å². The van der Waals surface area contributed by atoms with Crippen molar-refractivity contribution in [1.29, 1.82) is 0 Å². The van der Waals surface area contributed by atoms with Crippen LogP contribution in [-0.2, 0) is 24.9 Å². The normalized spacial score (nSPS) is 12.7. The number of ketones is 1. The van der Waals surface area contributed by atoms with Crippen LogP contribution in [0.4, 0.5) is 0 Å². The van der Waals surface area contributed by atoms with E-state index in [9.17, 15) is 4.79 Å². The average molecular weight is 528 g/mol. The first-order chi connectivity index (χ1) is 13.1. The minimum absolute atomic E-state index is 0. The summed E-state index contributed by atoms with van der Waals surface area (Å²) in [5.41, 5.74) is 3.47. The maximum Gasteiger partial charge on any atom is 0.155 e. The fraction of sp³-hybridized carbons (Fsp3) is 0.182. The number of benzene rings is 2. The summed E-state index contributed by atoms with van der Waals surface area (Å²) in [4.78, 5) is 14.6. The minimum atomic E-state index is -2.16. The standard InChI is InChI=1S/C17H14N.C5H8O2.Ir/c1-12-9-13(2)11-15(10-12)17-8-7-14-5-3-4-6-16(14)18-17;1-4(6)3-5(2)7;/h3-10H,1-2H3;3,6H,1-2H3;/q-1;;/b;4-3-;/i2D3;;. The van der Waals surface area contributed by atoms with Crippen molar-refractivity contribution in [2.24, 2.45) is 0 Å². The summed E-state index contributed by atoms with van der Waals surface area (Å²) < 4.78 is 22.6. The van der Waals surface area contributed by atoms with Crippen molar-refractivity contribution in [2.75, 3.05) is 0 Å². The second-order valence-electron chi connectivity index (χ2n) is 5.77. The predicted octanol–water partition coefficient (Wildman–Crippen LogP) is 5.35. The van der Waals surface area contributed by atoms with Crippen LogP contribution < -0.4 is 0 Å². The van der Waals surface area contributed by atoms with Crippen molar-refractivity contribution in [3.8, 4) is 11.3 Å². The van der Waals surface area contributed by atoms with Crippen LogP contribution in [0.1, 0.15) is 29.1 Å². The van der Waals surface area contributed by atoms with Crippen LogP contribution in [0.5, 0.6) is 0 Å². The first-order valence-electron chi connectivity index (χ1n) is 9.35. The summed E-state index contributed by atoms with van der Waals surface area (Å²) >= 11 is 0. The third-order valence-corrected chi connectivity index (χ3v) is 3.30. The van der Waals surface area contributed by atoms with Gasteiger partial charge in [0.2, 0.25) is 0 Å². The van der Waals surface area contributed by atoms with Crippen LogP contribution in [0.3, 0.4) is 0 Å². The Bertz CT molecular complexity index is 1030. The Morgan fingerprint density at radius 1 is 1.19 bits per heavy atom. The van der Waals surface area contributed by atoms with Crippen molar-refractivity contribution in [1.82, 2.24) is 4.98 Å². The monoisotopic (exact) mass is 528 g/mol. The molecule has 3 rings (SSSR count). The van der Waals surface area contributed by atoms with Crippen LogP contribution in [0, 0.1) is 19.8 Å². The molecule has 0 fully saturated rings. The van der Waals surface area contributed by atoms with E-state index in [1.807, 2.05) is 49.4 Å². The number of rotatable bonds is 2. The van der Waals surface area contributed by atoms with Gasteiger partial charge < -0.3 is 5.11 Å². The summed E-state index contributed by atoms with van der Waals surface area (Å²) in [6.07, 6.45) is 1.17. The number of aliphatic hydroxyl groups excluding tert-OH is 1. The molecule has 0 spiro atoms. The average Bonchev–Trinajstić information content (AvgIpc) is 2.59. The third kappa shape index (κ3) is 6.55. The van der Waals surface area contributed by atoms with E-state index in [4.69, 9.17) is 9.22 Å². The number of allylic oxidation sites excluding steroid dienone is 2. The largest absolute Gasteiger partial charge is 0.512 e. The molecule has 0 aliphatic carbocycles. The van der Waals surface area contributed by atoms with Crippen LogP contribution in [0.25, 0.3) is 22.2 Å².